The summed E-state index contributed by atoms with van der Waals surface area (Å²) in [6.07, 6.45) is 5.06. The molecule has 120 valence electrons. The van der Waals surface area contributed by atoms with Crippen LogP contribution in [0.3, 0.4) is 0 Å². The molecule has 1 fully saturated rings. The van der Waals surface area contributed by atoms with Crippen molar-refractivity contribution in [2.75, 3.05) is 0 Å². The van der Waals surface area contributed by atoms with E-state index >= 15 is 0 Å². The molecule has 2 N–H and O–H groups in total. The van der Waals surface area contributed by atoms with Crippen LogP contribution in [0.2, 0.25) is 0 Å². The highest BCUT2D eigenvalue weighted by molar-refractivity contribution is 5.80. The minimum Gasteiger partial charge on any atom is -0.251 e. The molecule has 0 spiro atoms. The molecule has 0 heterocycles. The number of benzene rings is 2. The maximum Gasteiger partial charge on any atom is 0.0805 e. The Labute approximate surface area is 139 Å². The Bertz CT molecular complexity index is 740. The highest BCUT2D eigenvalue weighted by atomic mass is 15.4. The molecular formula is C21H26N2. The third-order valence-electron chi connectivity index (χ3n) is 6.03. The molecule has 0 aromatic heterocycles. The second-order valence-electron chi connectivity index (χ2n) is 7.46. The van der Waals surface area contributed by atoms with Gasteiger partial charge in [-0.15, -0.1) is 0 Å². The molecule has 2 aromatic rings. The van der Waals surface area contributed by atoms with Crippen molar-refractivity contribution in [3.8, 4) is 11.1 Å². The number of hydrogen-bond acceptors (Lipinski definition) is 2. The smallest absolute Gasteiger partial charge is 0.0805 e. The first-order valence-electron chi connectivity index (χ1n) is 8.83. The molecule has 2 aromatic carbocycles. The lowest BCUT2D eigenvalue weighted by molar-refractivity contribution is 0.131. The summed E-state index contributed by atoms with van der Waals surface area (Å²) in [5.41, 5.74) is 14.4. The fraction of sp³-hybridized carbons (Fsp3) is 0.429. The first kappa shape index (κ1) is 14.9. The molecule has 2 aliphatic carbocycles. The van der Waals surface area contributed by atoms with Gasteiger partial charge in [0.05, 0.1) is 5.54 Å². The van der Waals surface area contributed by atoms with Gasteiger partial charge in [-0.05, 0) is 61.8 Å². The highest BCUT2D eigenvalue weighted by Crippen LogP contribution is 2.47. The van der Waals surface area contributed by atoms with E-state index in [9.17, 15) is 0 Å². The zero-order chi connectivity index (χ0) is 16.1. The van der Waals surface area contributed by atoms with Gasteiger partial charge in [0.15, 0.2) is 0 Å². The van der Waals surface area contributed by atoms with Crippen molar-refractivity contribution in [3.05, 3.63) is 59.2 Å². The predicted molar refractivity (Wildman–Crippen MR) is 96.2 cm³/mol. The summed E-state index contributed by atoms with van der Waals surface area (Å²) in [5, 5.41) is 0. The zero-order valence-corrected chi connectivity index (χ0v) is 14.4. The summed E-state index contributed by atoms with van der Waals surface area (Å²) < 4.78 is 0. The summed E-state index contributed by atoms with van der Waals surface area (Å²) in [4.78, 5) is 0. The van der Waals surface area contributed by atoms with Gasteiger partial charge in [-0.3, -0.25) is 5.43 Å². The topological polar surface area (TPSA) is 24.1 Å². The average Bonchev–Trinajstić information content (AvgIpc) is 2.77. The maximum atomic E-state index is 3.74. The van der Waals surface area contributed by atoms with Gasteiger partial charge in [-0.25, -0.2) is 5.43 Å². The molecule has 0 saturated heterocycles. The Balaban J connectivity index is 1.76. The van der Waals surface area contributed by atoms with E-state index in [1.165, 1.54) is 53.5 Å². The van der Waals surface area contributed by atoms with Crippen LogP contribution in [0, 0.1) is 6.92 Å². The monoisotopic (exact) mass is 306 g/mol. The van der Waals surface area contributed by atoms with Gasteiger partial charge < -0.3 is 0 Å². The number of hydrogen-bond donors (Lipinski definition) is 2. The maximum absolute atomic E-state index is 3.74. The van der Waals surface area contributed by atoms with Crippen molar-refractivity contribution in [3.63, 3.8) is 0 Å². The molecular weight excluding hydrogens is 280 g/mol. The van der Waals surface area contributed by atoms with Gasteiger partial charge in [0.1, 0.15) is 0 Å². The quantitative estimate of drug-likeness (QED) is 0.802. The van der Waals surface area contributed by atoms with Crippen molar-refractivity contribution in [1.29, 1.82) is 0 Å². The Hall–Kier alpha value is -1.64. The van der Waals surface area contributed by atoms with Gasteiger partial charge in [-0.2, -0.15) is 0 Å². The van der Waals surface area contributed by atoms with Crippen LogP contribution >= 0.6 is 0 Å². The van der Waals surface area contributed by atoms with Crippen LogP contribution < -0.4 is 10.9 Å². The first-order chi connectivity index (χ1) is 11.1. The number of hydrazine groups is 1. The lowest BCUT2D eigenvalue weighted by Gasteiger charge is -2.45. The first-order valence-corrected chi connectivity index (χ1v) is 8.83. The van der Waals surface area contributed by atoms with E-state index in [1.54, 1.807) is 0 Å². The van der Waals surface area contributed by atoms with Crippen molar-refractivity contribution in [2.45, 2.75) is 57.5 Å². The van der Waals surface area contributed by atoms with Crippen LogP contribution in [0.25, 0.3) is 11.1 Å². The van der Waals surface area contributed by atoms with E-state index in [0.29, 0.717) is 0 Å². The molecule has 23 heavy (non-hydrogen) atoms. The fourth-order valence-electron chi connectivity index (χ4n) is 4.17. The molecule has 0 aliphatic heterocycles. The van der Waals surface area contributed by atoms with E-state index in [-0.39, 0.29) is 11.1 Å². The van der Waals surface area contributed by atoms with Crippen molar-refractivity contribution in [2.24, 2.45) is 0 Å². The van der Waals surface area contributed by atoms with Crippen molar-refractivity contribution in [1.82, 2.24) is 10.9 Å². The molecule has 0 radical (unpaired) electrons. The lowest BCUT2D eigenvalue weighted by atomic mass is 9.75. The summed E-state index contributed by atoms with van der Waals surface area (Å²) in [6, 6.07) is 15.6. The second kappa shape index (κ2) is 5.19. The number of rotatable bonds is 4. The largest absolute Gasteiger partial charge is 0.251 e. The second-order valence-corrected chi connectivity index (χ2v) is 7.46. The van der Waals surface area contributed by atoms with E-state index in [1.807, 2.05) is 0 Å². The molecule has 2 heteroatoms. The zero-order valence-electron chi connectivity index (χ0n) is 14.4. The minimum atomic E-state index is -0.171. The lowest BCUT2D eigenvalue weighted by Crippen LogP contribution is -2.61. The molecule has 0 bridgehead atoms. The van der Waals surface area contributed by atoms with Gasteiger partial charge in [-0.1, -0.05) is 55.0 Å². The van der Waals surface area contributed by atoms with Gasteiger partial charge in [0, 0.05) is 5.54 Å². The fourth-order valence-corrected chi connectivity index (χ4v) is 4.17. The van der Waals surface area contributed by atoms with Crippen molar-refractivity contribution < 1.29 is 0 Å². The minimum absolute atomic E-state index is 0.171. The Kier molecular flexibility index (Phi) is 3.36. The standard InChI is InChI=1S/C21H26N2/c1-4-21(12-7-13-21)23-22-20(3)18-9-6-5-8-16(18)17-11-10-15(2)14-19(17)20/h5-6,8-11,14,22-23H,4,7,12-13H2,1-3H3. The third kappa shape index (κ3) is 2.16. The normalized spacial score (nSPS) is 24.0. The summed E-state index contributed by atoms with van der Waals surface area (Å²) in [7, 11) is 0. The summed E-state index contributed by atoms with van der Waals surface area (Å²) in [5.74, 6) is 0. The highest BCUT2D eigenvalue weighted by Gasteiger charge is 2.42. The van der Waals surface area contributed by atoms with E-state index < -0.39 is 0 Å². The summed E-state index contributed by atoms with van der Waals surface area (Å²) in [6.45, 7) is 6.78. The Morgan fingerprint density at radius 1 is 0.957 bits per heavy atom. The van der Waals surface area contributed by atoms with Crippen LogP contribution in [0.15, 0.2) is 42.5 Å². The molecule has 1 unspecified atom stereocenters. The molecule has 2 aliphatic rings. The van der Waals surface area contributed by atoms with Crippen LogP contribution in [-0.2, 0) is 5.54 Å². The number of aryl methyl sites for hydroxylation is 1. The molecule has 4 rings (SSSR count). The van der Waals surface area contributed by atoms with E-state index in [0.717, 1.165) is 0 Å². The van der Waals surface area contributed by atoms with Crippen molar-refractivity contribution >= 4 is 0 Å². The predicted octanol–water partition coefficient (Wildman–Crippen LogP) is 4.67. The molecule has 2 nitrogen and oxygen atoms in total. The number of nitrogens with one attached hydrogen (secondary N) is 2. The van der Waals surface area contributed by atoms with Gasteiger partial charge in [0.25, 0.3) is 0 Å². The Morgan fingerprint density at radius 2 is 1.70 bits per heavy atom. The molecule has 1 atom stereocenters. The summed E-state index contributed by atoms with van der Waals surface area (Å²) >= 11 is 0. The third-order valence-corrected chi connectivity index (χ3v) is 6.03. The molecule has 0 amide bonds. The van der Waals surface area contributed by atoms with Crippen LogP contribution in [0.5, 0.6) is 0 Å². The van der Waals surface area contributed by atoms with Gasteiger partial charge >= 0.3 is 0 Å². The Morgan fingerprint density at radius 3 is 2.39 bits per heavy atom. The van der Waals surface area contributed by atoms with Crippen LogP contribution in [-0.4, -0.2) is 5.54 Å². The molecule has 1 saturated carbocycles. The van der Waals surface area contributed by atoms with E-state index in [4.69, 9.17) is 0 Å². The van der Waals surface area contributed by atoms with Crippen LogP contribution in [0.1, 0.15) is 56.2 Å². The number of fused-ring (bicyclic) bond motifs is 3. The van der Waals surface area contributed by atoms with Gasteiger partial charge in [0.2, 0.25) is 0 Å². The average molecular weight is 306 g/mol. The van der Waals surface area contributed by atoms with Crippen LogP contribution in [0.4, 0.5) is 0 Å². The van der Waals surface area contributed by atoms with E-state index in [2.05, 4.69) is 74.1 Å². The SMILES string of the molecule is CCC1(NNC2(C)c3ccccc3-c3ccc(C)cc32)CCC1.